The Labute approximate surface area is 134 Å². The molecule has 1 aromatic heterocycles. The monoisotopic (exact) mass is 325 g/mol. The molecule has 1 unspecified atom stereocenters. The van der Waals surface area contributed by atoms with E-state index in [0.29, 0.717) is 17.3 Å². The van der Waals surface area contributed by atoms with Crippen LogP contribution in [0.5, 0.6) is 5.75 Å². The normalized spacial score (nSPS) is 12.3. The SMILES string of the molecule is CCc1ccsc1CNCC(O)COc1cccc(Cl)c1. The first-order valence-electron chi connectivity index (χ1n) is 7.01. The summed E-state index contributed by atoms with van der Waals surface area (Å²) >= 11 is 7.62. The summed E-state index contributed by atoms with van der Waals surface area (Å²) < 4.78 is 5.51. The molecule has 0 radical (unpaired) electrons. The van der Waals surface area contributed by atoms with Crippen LogP contribution in [0.1, 0.15) is 17.4 Å². The van der Waals surface area contributed by atoms with E-state index in [2.05, 4.69) is 23.7 Å². The van der Waals surface area contributed by atoms with Gasteiger partial charge in [0, 0.05) is 23.0 Å². The number of aryl methyl sites for hydroxylation is 1. The molecule has 1 heterocycles. The molecule has 0 aliphatic rings. The third-order valence-corrected chi connectivity index (χ3v) is 4.32. The van der Waals surface area contributed by atoms with Gasteiger partial charge in [-0.15, -0.1) is 11.3 Å². The number of benzene rings is 1. The number of hydrogen-bond donors (Lipinski definition) is 2. The third-order valence-electron chi connectivity index (χ3n) is 3.12. The summed E-state index contributed by atoms with van der Waals surface area (Å²) in [6.07, 6.45) is 0.495. The molecular formula is C16H20ClNO2S. The number of thiophene rings is 1. The predicted octanol–water partition coefficient (Wildman–Crippen LogP) is 3.49. The largest absolute Gasteiger partial charge is 0.491 e. The average molecular weight is 326 g/mol. The second-order valence-corrected chi connectivity index (χ2v) is 6.21. The molecule has 0 saturated heterocycles. The van der Waals surface area contributed by atoms with Crippen molar-refractivity contribution in [1.29, 1.82) is 0 Å². The van der Waals surface area contributed by atoms with E-state index in [0.717, 1.165) is 13.0 Å². The smallest absolute Gasteiger partial charge is 0.120 e. The molecule has 0 fully saturated rings. The van der Waals surface area contributed by atoms with Gasteiger partial charge < -0.3 is 15.2 Å². The standard InChI is InChI=1S/C16H20ClNO2S/c1-2-12-6-7-21-16(12)10-18-9-14(19)11-20-15-5-3-4-13(17)8-15/h3-8,14,18-19H,2,9-11H2,1H3. The maximum absolute atomic E-state index is 9.92. The van der Waals surface area contributed by atoms with Gasteiger partial charge in [0.1, 0.15) is 18.5 Å². The summed E-state index contributed by atoms with van der Waals surface area (Å²) in [5, 5.41) is 15.9. The van der Waals surface area contributed by atoms with Gasteiger partial charge in [0.2, 0.25) is 0 Å². The fraction of sp³-hybridized carbons (Fsp3) is 0.375. The molecule has 0 aliphatic carbocycles. The van der Waals surface area contributed by atoms with Crippen LogP contribution >= 0.6 is 22.9 Å². The lowest BCUT2D eigenvalue weighted by atomic mass is 10.2. The topological polar surface area (TPSA) is 41.5 Å². The van der Waals surface area contributed by atoms with Crippen molar-refractivity contribution in [2.75, 3.05) is 13.2 Å². The van der Waals surface area contributed by atoms with Crippen LogP contribution in [0.3, 0.4) is 0 Å². The van der Waals surface area contributed by atoms with Crippen molar-refractivity contribution < 1.29 is 9.84 Å². The number of ether oxygens (including phenoxy) is 1. The lowest BCUT2D eigenvalue weighted by molar-refractivity contribution is 0.106. The molecule has 1 aromatic carbocycles. The van der Waals surface area contributed by atoms with Crippen LogP contribution in [0.4, 0.5) is 0 Å². The van der Waals surface area contributed by atoms with Gasteiger partial charge in [0.05, 0.1) is 0 Å². The number of aliphatic hydroxyl groups excluding tert-OH is 1. The molecule has 0 saturated carbocycles. The van der Waals surface area contributed by atoms with E-state index in [1.165, 1.54) is 10.4 Å². The fourth-order valence-corrected chi connectivity index (χ4v) is 3.12. The summed E-state index contributed by atoms with van der Waals surface area (Å²) in [6, 6.07) is 9.33. The summed E-state index contributed by atoms with van der Waals surface area (Å²) in [5.41, 5.74) is 1.37. The Balaban J connectivity index is 1.69. The Hall–Kier alpha value is -1.07. The molecule has 3 nitrogen and oxygen atoms in total. The number of halogens is 1. The van der Waals surface area contributed by atoms with E-state index in [9.17, 15) is 5.11 Å². The third kappa shape index (κ3) is 5.32. The maximum atomic E-state index is 9.92. The zero-order chi connectivity index (χ0) is 15.1. The molecule has 0 amide bonds. The zero-order valence-electron chi connectivity index (χ0n) is 12.0. The van der Waals surface area contributed by atoms with E-state index in [1.54, 1.807) is 23.5 Å². The van der Waals surface area contributed by atoms with E-state index < -0.39 is 6.10 Å². The van der Waals surface area contributed by atoms with Crippen molar-refractivity contribution in [3.8, 4) is 5.75 Å². The number of rotatable bonds is 8. The van der Waals surface area contributed by atoms with Gasteiger partial charge in [-0.3, -0.25) is 0 Å². The highest BCUT2D eigenvalue weighted by molar-refractivity contribution is 7.10. The molecule has 0 bridgehead atoms. The van der Waals surface area contributed by atoms with E-state index in [4.69, 9.17) is 16.3 Å². The average Bonchev–Trinajstić information content (AvgIpc) is 2.93. The van der Waals surface area contributed by atoms with Gasteiger partial charge in [-0.2, -0.15) is 0 Å². The van der Waals surface area contributed by atoms with Gasteiger partial charge in [0.15, 0.2) is 0 Å². The van der Waals surface area contributed by atoms with Crippen molar-refractivity contribution >= 4 is 22.9 Å². The summed E-state index contributed by atoms with van der Waals surface area (Å²) in [6.45, 7) is 3.69. The van der Waals surface area contributed by atoms with Crippen molar-refractivity contribution in [3.63, 3.8) is 0 Å². The van der Waals surface area contributed by atoms with Gasteiger partial charge in [0.25, 0.3) is 0 Å². The second-order valence-electron chi connectivity index (χ2n) is 4.78. The highest BCUT2D eigenvalue weighted by Crippen LogP contribution is 2.18. The second kappa shape index (κ2) is 8.39. The molecule has 5 heteroatoms. The van der Waals surface area contributed by atoms with Crippen LogP contribution in [0.15, 0.2) is 35.7 Å². The van der Waals surface area contributed by atoms with Gasteiger partial charge >= 0.3 is 0 Å². The minimum atomic E-state index is -0.547. The first kappa shape index (κ1) is 16.3. The Morgan fingerprint density at radius 1 is 1.38 bits per heavy atom. The summed E-state index contributed by atoms with van der Waals surface area (Å²) in [5.74, 6) is 0.674. The Kier molecular flexibility index (Phi) is 6.51. The van der Waals surface area contributed by atoms with E-state index >= 15 is 0 Å². The van der Waals surface area contributed by atoms with Crippen LogP contribution < -0.4 is 10.1 Å². The van der Waals surface area contributed by atoms with Gasteiger partial charge in [-0.1, -0.05) is 24.6 Å². The number of aliphatic hydroxyl groups is 1. The lowest BCUT2D eigenvalue weighted by Gasteiger charge is -2.13. The van der Waals surface area contributed by atoms with Crippen molar-refractivity contribution in [1.82, 2.24) is 5.32 Å². The molecule has 114 valence electrons. The Bertz CT molecular complexity index is 559. The molecule has 2 aromatic rings. The van der Waals surface area contributed by atoms with E-state index in [-0.39, 0.29) is 6.61 Å². The maximum Gasteiger partial charge on any atom is 0.120 e. The summed E-state index contributed by atoms with van der Waals surface area (Å²) in [4.78, 5) is 1.33. The van der Waals surface area contributed by atoms with Crippen LogP contribution in [0.2, 0.25) is 5.02 Å². The first-order valence-corrected chi connectivity index (χ1v) is 8.27. The van der Waals surface area contributed by atoms with Crippen LogP contribution in [-0.4, -0.2) is 24.4 Å². The molecular weight excluding hydrogens is 306 g/mol. The fourth-order valence-electron chi connectivity index (χ4n) is 2.00. The molecule has 21 heavy (non-hydrogen) atoms. The van der Waals surface area contributed by atoms with Gasteiger partial charge in [-0.25, -0.2) is 0 Å². The molecule has 2 rings (SSSR count). The molecule has 0 aliphatic heterocycles. The van der Waals surface area contributed by atoms with Crippen molar-refractivity contribution in [2.24, 2.45) is 0 Å². The highest BCUT2D eigenvalue weighted by Gasteiger charge is 2.07. The summed E-state index contributed by atoms with van der Waals surface area (Å²) in [7, 11) is 0. The van der Waals surface area contributed by atoms with Crippen LogP contribution in [0, 0.1) is 0 Å². The van der Waals surface area contributed by atoms with Gasteiger partial charge in [-0.05, 0) is 41.6 Å². The minimum Gasteiger partial charge on any atom is -0.491 e. The minimum absolute atomic E-state index is 0.248. The Morgan fingerprint density at radius 2 is 2.24 bits per heavy atom. The molecule has 2 N–H and O–H groups in total. The highest BCUT2D eigenvalue weighted by atomic mass is 35.5. The zero-order valence-corrected chi connectivity index (χ0v) is 13.6. The number of nitrogens with one attached hydrogen (secondary N) is 1. The quantitative estimate of drug-likeness (QED) is 0.780. The van der Waals surface area contributed by atoms with E-state index in [1.807, 2.05) is 12.1 Å². The Morgan fingerprint density at radius 3 is 3.00 bits per heavy atom. The van der Waals surface area contributed by atoms with Crippen LogP contribution in [0.25, 0.3) is 0 Å². The molecule has 0 spiro atoms. The lowest BCUT2D eigenvalue weighted by Crippen LogP contribution is -2.31. The van der Waals surface area contributed by atoms with Crippen molar-refractivity contribution in [3.05, 3.63) is 51.2 Å². The van der Waals surface area contributed by atoms with Crippen LogP contribution in [-0.2, 0) is 13.0 Å². The predicted molar refractivity (Wildman–Crippen MR) is 88.4 cm³/mol. The first-order chi connectivity index (χ1) is 10.2. The molecule has 1 atom stereocenters. The number of hydrogen-bond acceptors (Lipinski definition) is 4. The van der Waals surface area contributed by atoms with Crippen molar-refractivity contribution in [2.45, 2.75) is 26.0 Å².